The maximum atomic E-state index is 13.6. The highest BCUT2D eigenvalue weighted by atomic mass is 35.5. The molecule has 3 heteroatoms. The molecule has 0 N–H and O–H groups in total. The highest BCUT2D eigenvalue weighted by Crippen LogP contribution is 2.61. The summed E-state index contributed by atoms with van der Waals surface area (Å²) in [5.74, 6) is 2.01. The molecule has 4 fully saturated rings. The SMILES string of the molecule is Cc1cc(C(=O)C23CC4CC(CC(C4)C2)C3)c(Cl)cc1F. The average molecular weight is 307 g/mol. The van der Waals surface area contributed by atoms with Crippen molar-refractivity contribution in [2.45, 2.75) is 45.4 Å². The van der Waals surface area contributed by atoms with Crippen LogP contribution in [0.3, 0.4) is 0 Å². The van der Waals surface area contributed by atoms with E-state index in [4.69, 9.17) is 11.6 Å². The maximum Gasteiger partial charge on any atom is 0.170 e. The summed E-state index contributed by atoms with van der Waals surface area (Å²) in [6, 6.07) is 2.95. The molecule has 5 rings (SSSR count). The Kier molecular flexibility index (Phi) is 2.98. The van der Waals surface area contributed by atoms with E-state index in [0.29, 0.717) is 11.1 Å². The zero-order chi connectivity index (χ0) is 14.8. The molecule has 0 spiro atoms. The lowest BCUT2D eigenvalue weighted by Crippen LogP contribution is -2.50. The fraction of sp³-hybridized carbons (Fsp3) is 0.611. The minimum atomic E-state index is -0.331. The topological polar surface area (TPSA) is 17.1 Å². The van der Waals surface area contributed by atoms with Gasteiger partial charge in [-0.25, -0.2) is 4.39 Å². The third kappa shape index (κ3) is 2.06. The van der Waals surface area contributed by atoms with Gasteiger partial charge in [0.25, 0.3) is 0 Å². The van der Waals surface area contributed by atoms with Gasteiger partial charge in [-0.1, -0.05) is 11.6 Å². The smallest absolute Gasteiger partial charge is 0.170 e. The minimum absolute atomic E-state index is 0.176. The van der Waals surface area contributed by atoms with Crippen LogP contribution < -0.4 is 0 Å². The van der Waals surface area contributed by atoms with Crippen LogP contribution in [0.1, 0.15) is 54.4 Å². The van der Waals surface area contributed by atoms with Crippen LogP contribution in [0.15, 0.2) is 12.1 Å². The Bertz CT molecular complexity index is 587. The second kappa shape index (κ2) is 4.55. The van der Waals surface area contributed by atoms with Gasteiger partial charge in [0.1, 0.15) is 5.82 Å². The first-order valence-corrected chi connectivity index (χ1v) is 8.35. The van der Waals surface area contributed by atoms with Gasteiger partial charge in [-0.05, 0) is 80.9 Å². The molecule has 0 aliphatic heterocycles. The second-order valence-electron chi connectivity index (χ2n) is 7.61. The number of hydrogen-bond acceptors (Lipinski definition) is 1. The molecule has 1 nitrogen and oxygen atoms in total. The number of Topliss-reactive ketones (excluding diaryl/α,β-unsaturated/α-hetero) is 1. The molecule has 0 amide bonds. The molecule has 0 radical (unpaired) electrons. The molecule has 21 heavy (non-hydrogen) atoms. The minimum Gasteiger partial charge on any atom is -0.294 e. The van der Waals surface area contributed by atoms with E-state index in [9.17, 15) is 9.18 Å². The zero-order valence-corrected chi connectivity index (χ0v) is 13.0. The van der Waals surface area contributed by atoms with Crippen LogP contribution >= 0.6 is 11.6 Å². The van der Waals surface area contributed by atoms with E-state index in [1.165, 1.54) is 25.3 Å². The Morgan fingerprint density at radius 3 is 2.19 bits per heavy atom. The van der Waals surface area contributed by atoms with Crippen LogP contribution in [0.25, 0.3) is 0 Å². The molecule has 4 aliphatic rings. The molecule has 0 atom stereocenters. The summed E-state index contributed by atoms with van der Waals surface area (Å²) in [5.41, 5.74) is 0.841. The Labute approximate surface area is 129 Å². The summed E-state index contributed by atoms with van der Waals surface area (Å²) >= 11 is 6.18. The molecular formula is C18H20ClFO. The first kappa shape index (κ1) is 13.8. The predicted molar refractivity (Wildman–Crippen MR) is 81.1 cm³/mol. The number of halogens is 2. The van der Waals surface area contributed by atoms with Crippen LogP contribution in [0.4, 0.5) is 4.39 Å². The van der Waals surface area contributed by atoms with Gasteiger partial charge in [0.05, 0.1) is 5.02 Å². The number of carbonyl (C=O) groups excluding carboxylic acids is 1. The molecule has 0 heterocycles. The van der Waals surface area contributed by atoms with E-state index in [1.807, 2.05) is 0 Å². The van der Waals surface area contributed by atoms with E-state index in [1.54, 1.807) is 13.0 Å². The van der Waals surface area contributed by atoms with Crippen LogP contribution in [0, 0.1) is 35.9 Å². The van der Waals surface area contributed by atoms with Crippen LogP contribution in [0.5, 0.6) is 0 Å². The number of rotatable bonds is 2. The molecule has 0 saturated heterocycles. The summed E-state index contributed by atoms with van der Waals surface area (Å²) in [6.45, 7) is 1.70. The number of carbonyl (C=O) groups is 1. The molecule has 4 bridgehead atoms. The molecule has 0 unspecified atom stereocenters. The maximum absolute atomic E-state index is 13.6. The lowest BCUT2D eigenvalue weighted by molar-refractivity contribution is -0.0353. The second-order valence-corrected chi connectivity index (χ2v) is 8.02. The third-order valence-electron chi connectivity index (χ3n) is 6.01. The number of hydrogen-bond donors (Lipinski definition) is 0. The molecule has 112 valence electrons. The zero-order valence-electron chi connectivity index (χ0n) is 12.3. The molecule has 1 aromatic rings. The van der Waals surface area contributed by atoms with Crippen molar-refractivity contribution in [2.75, 3.05) is 0 Å². The predicted octanol–water partition coefficient (Wildman–Crippen LogP) is 5.19. The Morgan fingerprint density at radius 2 is 1.67 bits per heavy atom. The van der Waals surface area contributed by atoms with E-state index >= 15 is 0 Å². The van der Waals surface area contributed by atoms with Gasteiger partial charge < -0.3 is 0 Å². The van der Waals surface area contributed by atoms with Crippen molar-refractivity contribution < 1.29 is 9.18 Å². The fourth-order valence-corrected chi connectivity index (χ4v) is 5.74. The lowest BCUT2D eigenvalue weighted by Gasteiger charge is -2.56. The summed E-state index contributed by atoms with van der Waals surface area (Å²) in [5, 5.41) is 0.277. The molecule has 0 aromatic heterocycles. The average Bonchev–Trinajstić information content (AvgIpc) is 2.40. The fourth-order valence-electron chi connectivity index (χ4n) is 5.51. The quantitative estimate of drug-likeness (QED) is 0.687. The largest absolute Gasteiger partial charge is 0.294 e. The number of aryl methyl sites for hydroxylation is 1. The molecular weight excluding hydrogens is 287 g/mol. The summed E-state index contributed by atoms with van der Waals surface area (Å²) in [7, 11) is 0. The van der Waals surface area contributed by atoms with E-state index < -0.39 is 0 Å². The van der Waals surface area contributed by atoms with Crippen molar-refractivity contribution >= 4 is 17.4 Å². The van der Waals surface area contributed by atoms with Crippen molar-refractivity contribution in [1.29, 1.82) is 0 Å². The van der Waals surface area contributed by atoms with Gasteiger partial charge >= 0.3 is 0 Å². The lowest BCUT2D eigenvalue weighted by atomic mass is 9.48. The standard InChI is InChI=1S/C18H20ClFO/c1-10-2-14(15(19)6-16(10)20)17(21)18-7-11-3-12(8-18)5-13(4-11)9-18/h2,6,11-13H,3-5,7-9H2,1H3. The van der Waals surface area contributed by atoms with Crippen molar-refractivity contribution in [3.8, 4) is 0 Å². The van der Waals surface area contributed by atoms with Gasteiger partial charge in [-0.3, -0.25) is 4.79 Å². The number of benzene rings is 1. The highest BCUT2D eigenvalue weighted by Gasteiger charge is 2.54. The van der Waals surface area contributed by atoms with Gasteiger partial charge in [0.2, 0.25) is 0 Å². The Morgan fingerprint density at radius 1 is 1.14 bits per heavy atom. The normalized spacial score (nSPS) is 37.0. The van der Waals surface area contributed by atoms with Crippen molar-refractivity contribution in [3.63, 3.8) is 0 Å². The number of ketones is 1. The van der Waals surface area contributed by atoms with Gasteiger partial charge in [-0.15, -0.1) is 0 Å². The molecule has 1 aromatic carbocycles. The third-order valence-corrected chi connectivity index (χ3v) is 6.33. The van der Waals surface area contributed by atoms with Gasteiger partial charge in [0, 0.05) is 11.0 Å². The van der Waals surface area contributed by atoms with E-state index in [2.05, 4.69) is 0 Å². The van der Waals surface area contributed by atoms with E-state index in [0.717, 1.165) is 37.0 Å². The van der Waals surface area contributed by atoms with Gasteiger partial charge in [-0.2, -0.15) is 0 Å². The van der Waals surface area contributed by atoms with Crippen molar-refractivity contribution in [1.82, 2.24) is 0 Å². The van der Waals surface area contributed by atoms with Crippen LogP contribution in [0.2, 0.25) is 5.02 Å². The van der Waals surface area contributed by atoms with Crippen LogP contribution in [-0.4, -0.2) is 5.78 Å². The Balaban J connectivity index is 1.73. The Hall–Kier alpha value is -0.890. The highest BCUT2D eigenvalue weighted by molar-refractivity contribution is 6.34. The summed E-state index contributed by atoms with van der Waals surface area (Å²) in [4.78, 5) is 13.2. The van der Waals surface area contributed by atoms with Crippen LogP contribution in [-0.2, 0) is 0 Å². The monoisotopic (exact) mass is 306 g/mol. The van der Waals surface area contributed by atoms with Crippen molar-refractivity contribution in [3.05, 3.63) is 34.1 Å². The first-order valence-electron chi connectivity index (χ1n) is 7.97. The molecule has 4 saturated carbocycles. The first-order chi connectivity index (χ1) is 9.97. The molecule has 4 aliphatic carbocycles. The summed E-state index contributed by atoms with van der Waals surface area (Å²) < 4.78 is 13.6. The van der Waals surface area contributed by atoms with Crippen molar-refractivity contribution in [2.24, 2.45) is 23.2 Å². The van der Waals surface area contributed by atoms with Gasteiger partial charge in [0.15, 0.2) is 5.78 Å². The summed E-state index contributed by atoms with van der Waals surface area (Å²) in [6.07, 6.45) is 6.98. The van der Waals surface area contributed by atoms with E-state index in [-0.39, 0.29) is 22.0 Å².